The van der Waals surface area contributed by atoms with E-state index in [2.05, 4.69) is 20.6 Å². The van der Waals surface area contributed by atoms with Crippen molar-refractivity contribution in [3.05, 3.63) is 23.5 Å². The van der Waals surface area contributed by atoms with E-state index in [9.17, 15) is 14.7 Å². The number of nitrogens with one attached hydrogen (secondary N) is 1. The molecule has 0 saturated heterocycles. The third kappa shape index (κ3) is 5.35. The maximum Gasteiger partial charge on any atom is 0.317 e. The zero-order valence-electron chi connectivity index (χ0n) is 19.3. The fourth-order valence-corrected chi connectivity index (χ4v) is 3.75. The Labute approximate surface area is 188 Å². The molecule has 10 nitrogen and oxygen atoms in total. The molecule has 1 aliphatic rings. The summed E-state index contributed by atoms with van der Waals surface area (Å²) < 4.78 is 7.72. The number of carbonyl (C=O) groups excluding carboxylic acids is 1. The second kappa shape index (κ2) is 9.97. The van der Waals surface area contributed by atoms with E-state index < -0.39 is 5.97 Å². The first kappa shape index (κ1) is 23.5. The number of carbonyl (C=O) groups is 2. The van der Waals surface area contributed by atoms with E-state index in [1.807, 2.05) is 32.9 Å². The Morgan fingerprint density at radius 3 is 2.75 bits per heavy atom. The van der Waals surface area contributed by atoms with E-state index >= 15 is 0 Å². The standard InChI is InChI=1S/C22H32N6O4/c1-13(2)27(4)22(31)23-12-18-20(25-26-28(18)5)17-9-10-19(14(3)24-17)32-16-8-6-7-15(11-16)21(29)30/h9-10,13,15-16H,6-8,11-12H2,1-5H3,(H,23,31)(H,29,30)/t15-,16-/m0/s1. The molecule has 10 heteroatoms. The van der Waals surface area contributed by atoms with E-state index in [0.29, 0.717) is 35.7 Å². The Bertz CT molecular complexity index is 973. The van der Waals surface area contributed by atoms with E-state index in [-0.39, 0.29) is 30.6 Å². The fraction of sp³-hybridized carbons (Fsp3) is 0.591. The molecule has 2 N–H and O–H groups in total. The van der Waals surface area contributed by atoms with Crippen molar-refractivity contribution in [2.24, 2.45) is 13.0 Å². The van der Waals surface area contributed by atoms with Crippen molar-refractivity contribution in [2.75, 3.05) is 7.05 Å². The lowest BCUT2D eigenvalue weighted by atomic mass is 9.87. The number of hydrogen-bond donors (Lipinski definition) is 2. The molecule has 3 rings (SSSR count). The molecule has 0 aliphatic heterocycles. The summed E-state index contributed by atoms with van der Waals surface area (Å²) in [6, 6.07) is 3.57. The molecule has 2 amide bonds. The average Bonchev–Trinajstić information content (AvgIpc) is 3.13. The number of rotatable bonds is 7. The highest BCUT2D eigenvalue weighted by atomic mass is 16.5. The molecular weight excluding hydrogens is 412 g/mol. The van der Waals surface area contributed by atoms with Crippen LogP contribution in [0.1, 0.15) is 50.9 Å². The number of aryl methyl sites for hydroxylation is 2. The van der Waals surface area contributed by atoms with Gasteiger partial charge in [-0.05, 0) is 58.6 Å². The Kier molecular flexibility index (Phi) is 7.32. The van der Waals surface area contributed by atoms with Crippen molar-refractivity contribution in [1.82, 2.24) is 30.2 Å². The summed E-state index contributed by atoms with van der Waals surface area (Å²) in [6.07, 6.45) is 2.76. The van der Waals surface area contributed by atoms with Gasteiger partial charge in [-0.2, -0.15) is 0 Å². The minimum absolute atomic E-state index is 0.0888. The van der Waals surface area contributed by atoms with Gasteiger partial charge in [-0.3, -0.25) is 4.79 Å². The van der Waals surface area contributed by atoms with Gasteiger partial charge in [0.05, 0.1) is 35.6 Å². The molecule has 0 radical (unpaired) electrons. The summed E-state index contributed by atoms with van der Waals surface area (Å²) in [7, 11) is 3.52. The van der Waals surface area contributed by atoms with Crippen LogP contribution in [0, 0.1) is 12.8 Å². The summed E-state index contributed by atoms with van der Waals surface area (Å²) in [5.41, 5.74) is 2.67. The number of aromatic nitrogens is 4. The SMILES string of the molecule is Cc1nc(-c2nnn(C)c2CNC(=O)N(C)C(C)C)ccc1O[C@H]1CCC[C@H](C(=O)O)C1. The number of carboxylic acid groups (broad SMARTS) is 1. The Balaban J connectivity index is 1.72. The normalized spacial score (nSPS) is 18.4. The van der Waals surface area contributed by atoms with Gasteiger partial charge in [0.2, 0.25) is 0 Å². The van der Waals surface area contributed by atoms with E-state index in [1.165, 1.54) is 0 Å². The van der Waals surface area contributed by atoms with Gasteiger partial charge in [0.15, 0.2) is 0 Å². The van der Waals surface area contributed by atoms with Crippen LogP contribution < -0.4 is 10.1 Å². The summed E-state index contributed by atoms with van der Waals surface area (Å²) >= 11 is 0. The predicted octanol–water partition coefficient (Wildman–Crippen LogP) is 2.76. The van der Waals surface area contributed by atoms with Crippen LogP contribution in [0.15, 0.2) is 12.1 Å². The highest BCUT2D eigenvalue weighted by Gasteiger charge is 2.28. The number of ether oxygens (including phenoxy) is 1. The first-order valence-corrected chi connectivity index (χ1v) is 10.9. The molecule has 2 heterocycles. The van der Waals surface area contributed by atoms with Crippen LogP contribution in [0.3, 0.4) is 0 Å². The van der Waals surface area contributed by atoms with Crippen molar-refractivity contribution in [2.45, 2.75) is 65.1 Å². The zero-order valence-corrected chi connectivity index (χ0v) is 19.3. The van der Waals surface area contributed by atoms with Crippen molar-refractivity contribution < 1.29 is 19.4 Å². The molecule has 32 heavy (non-hydrogen) atoms. The highest BCUT2D eigenvalue weighted by molar-refractivity contribution is 5.74. The maximum atomic E-state index is 12.3. The van der Waals surface area contributed by atoms with E-state index in [4.69, 9.17) is 4.74 Å². The van der Waals surface area contributed by atoms with E-state index in [1.54, 1.807) is 23.7 Å². The van der Waals surface area contributed by atoms with Crippen LogP contribution in [0.5, 0.6) is 5.75 Å². The van der Waals surface area contributed by atoms with Gasteiger partial charge in [-0.15, -0.1) is 5.10 Å². The highest BCUT2D eigenvalue weighted by Crippen LogP contribution is 2.30. The molecule has 0 spiro atoms. The average molecular weight is 445 g/mol. The molecule has 1 aliphatic carbocycles. The zero-order chi connectivity index (χ0) is 23.4. The third-order valence-electron chi connectivity index (χ3n) is 5.99. The van der Waals surface area contributed by atoms with Crippen molar-refractivity contribution in [1.29, 1.82) is 0 Å². The van der Waals surface area contributed by atoms with Crippen LogP contribution in [0.4, 0.5) is 4.79 Å². The topological polar surface area (TPSA) is 122 Å². The van der Waals surface area contributed by atoms with Gasteiger partial charge < -0.3 is 20.1 Å². The molecule has 1 fully saturated rings. The maximum absolute atomic E-state index is 12.3. The Morgan fingerprint density at radius 1 is 1.34 bits per heavy atom. The molecule has 0 bridgehead atoms. The quantitative estimate of drug-likeness (QED) is 0.673. The summed E-state index contributed by atoms with van der Waals surface area (Å²) in [6.45, 7) is 6.02. The van der Waals surface area contributed by atoms with Crippen LogP contribution in [-0.4, -0.2) is 61.2 Å². The van der Waals surface area contributed by atoms with Crippen LogP contribution in [0.2, 0.25) is 0 Å². The van der Waals surface area contributed by atoms with Crippen LogP contribution in [0.25, 0.3) is 11.4 Å². The number of carboxylic acids is 1. The lowest BCUT2D eigenvalue weighted by Crippen LogP contribution is -2.41. The lowest BCUT2D eigenvalue weighted by molar-refractivity contribution is -0.143. The Morgan fingerprint density at radius 2 is 2.09 bits per heavy atom. The smallest absolute Gasteiger partial charge is 0.317 e. The summed E-state index contributed by atoms with van der Waals surface area (Å²) in [5, 5.41) is 20.5. The van der Waals surface area contributed by atoms with Gasteiger partial charge in [-0.25, -0.2) is 14.5 Å². The van der Waals surface area contributed by atoms with Crippen molar-refractivity contribution in [3.63, 3.8) is 0 Å². The van der Waals surface area contributed by atoms with Crippen LogP contribution >= 0.6 is 0 Å². The molecule has 2 atom stereocenters. The monoisotopic (exact) mass is 444 g/mol. The molecule has 174 valence electrons. The van der Waals surface area contributed by atoms with Gasteiger partial charge in [0.25, 0.3) is 0 Å². The van der Waals surface area contributed by atoms with Gasteiger partial charge in [0, 0.05) is 20.1 Å². The number of nitrogens with zero attached hydrogens (tertiary/aromatic N) is 5. The Hall–Kier alpha value is -3.17. The third-order valence-corrected chi connectivity index (χ3v) is 5.99. The molecule has 0 unspecified atom stereocenters. The number of hydrogen-bond acceptors (Lipinski definition) is 6. The van der Waals surface area contributed by atoms with Gasteiger partial charge in [0.1, 0.15) is 11.4 Å². The van der Waals surface area contributed by atoms with Gasteiger partial charge >= 0.3 is 12.0 Å². The second-order valence-corrected chi connectivity index (χ2v) is 8.59. The van der Waals surface area contributed by atoms with Crippen molar-refractivity contribution in [3.8, 4) is 17.1 Å². The van der Waals surface area contributed by atoms with Crippen LogP contribution in [-0.2, 0) is 18.4 Å². The largest absolute Gasteiger partial charge is 0.489 e. The first-order chi connectivity index (χ1) is 15.2. The molecular formula is C22H32N6O4. The number of pyridine rings is 1. The first-order valence-electron chi connectivity index (χ1n) is 10.9. The minimum atomic E-state index is -0.759. The number of aliphatic carboxylic acids is 1. The number of amides is 2. The molecule has 2 aromatic heterocycles. The summed E-state index contributed by atoms with van der Waals surface area (Å²) in [5.74, 6) is -0.471. The second-order valence-electron chi connectivity index (χ2n) is 8.59. The minimum Gasteiger partial charge on any atom is -0.489 e. The molecule has 0 aromatic carbocycles. The number of urea groups is 1. The van der Waals surface area contributed by atoms with E-state index in [0.717, 1.165) is 18.5 Å². The molecule has 1 saturated carbocycles. The van der Waals surface area contributed by atoms with Gasteiger partial charge in [-0.1, -0.05) is 5.21 Å². The lowest BCUT2D eigenvalue weighted by Gasteiger charge is -2.27. The molecule has 2 aromatic rings. The fourth-order valence-electron chi connectivity index (χ4n) is 3.75. The predicted molar refractivity (Wildman–Crippen MR) is 118 cm³/mol. The van der Waals surface area contributed by atoms with Crippen molar-refractivity contribution >= 4 is 12.0 Å². The summed E-state index contributed by atoms with van der Waals surface area (Å²) in [4.78, 5) is 29.9.